The van der Waals surface area contributed by atoms with Gasteiger partial charge in [-0.05, 0) is 19.5 Å². The van der Waals surface area contributed by atoms with Gasteiger partial charge in [-0.2, -0.15) is 0 Å². The zero-order valence-corrected chi connectivity index (χ0v) is 12.9. The van der Waals surface area contributed by atoms with Crippen molar-refractivity contribution < 1.29 is 15.0 Å². The third-order valence-corrected chi connectivity index (χ3v) is 3.61. The second-order valence-corrected chi connectivity index (χ2v) is 5.03. The molecule has 0 aromatic carbocycles. The van der Waals surface area contributed by atoms with Gasteiger partial charge < -0.3 is 14.8 Å². The Morgan fingerprint density at radius 3 is 2.43 bits per heavy atom. The molecule has 6 heteroatoms. The van der Waals surface area contributed by atoms with Crippen LogP contribution in [0.5, 0.6) is 5.75 Å². The van der Waals surface area contributed by atoms with Crippen LogP contribution >= 0.6 is 0 Å². The van der Waals surface area contributed by atoms with Crippen LogP contribution in [0.3, 0.4) is 0 Å². The number of pyridine rings is 1. The van der Waals surface area contributed by atoms with Crippen LogP contribution in [0, 0.1) is 0 Å². The summed E-state index contributed by atoms with van der Waals surface area (Å²) < 4.78 is 1.51. The molecule has 0 fully saturated rings. The Labute approximate surface area is 124 Å². The van der Waals surface area contributed by atoms with E-state index < -0.39 is 23.2 Å². The molecule has 0 saturated carbocycles. The van der Waals surface area contributed by atoms with E-state index in [0.29, 0.717) is 25.1 Å². The fourth-order valence-electron chi connectivity index (χ4n) is 2.33. The molecule has 0 aliphatic heterocycles. The average Bonchev–Trinajstić information content (AvgIpc) is 2.45. The lowest BCUT2D eigenvalue weighted by Crippen LogP contribution is -2.29. The minimum Gasteiger partial charge on any atom is -0.503 e. The number of carboxylic acid groups (broad SMARTS) is 1. The minimum absolute atomic E-state index is 0.416. The lowest BCUT2D eigenvalue weighted by atomic mass is 10.1. The van der Waals surface area contributed by atoms with Crippen LogP contribution in [0.2, 0.25) is 0 Å². The zero-order valence-electron chi connectivity index (χ0n) is 12.9. The predicted octanol–water partition coefficient (Wildman–Crippen LogP) is 1.82. The Kier molecular flexibility index (Phi) is 6.42. The molecule has 0 aliphatic carbocycles. The molecule has 118 valence electrons. The molecule has 0 amide bonds. The lowest BCUT2D eigenvalue weighted by molar-refractivity contribution is -0.141. The van der Waals surface area contributed by atoms with E-state index in [4.69, 9.17) is 0 Å². The SMILES string of the molecule is CCCC(C(=O)O)n1cc(O)c(=O)cc1CN(CC)CC. The highest BCUT2D eigenvalue weighted by molar-refractivity contribution is 5.72. The highest BCUT2D eigenvalue weighted by Gasteiger charge is 2.22. The smallest absolute Gasteiger partial charge is 0.326 e. The van der Waals surface area contributed by atoms with Crippen LogP contribution in [-0.2, 0) is 11.3 Å². The maximum Gasteiger partial charge on any atom is 0.326 e. The number of carbonyl (C=O) groups is 1. The molecular weight excluding hydrogens is 272 g/mol. The van der Waals surface area contributed by atoms with Crippen LogP contribution in [0.1, 0.15) is 45.3 Å². The van der Waals surface area contributed by atoms with E-state index in [9.17, 15) is 19.8 Å². The van der Waals surface area contributed by atoms with E-state index in [2.05, 4.69) is 4.90 Å². The molecule has 0 spiro atoms. The Hall–Kier alpha value is -1.82. The summed E-state index contributed by atoms with van der Waals surface area (Å²) in [7, 11) is 0. The molecule has 1 aromatic heterocycles. The van der Waals surface area contributed by atoms with Crippen molar-refractivity contribution in [1.82, 2.24) is 9.47 Å². The molecular formula is C15H24N2O4. The minimum atomic E-state index is -0.958. The highest BCUT2D eigenvalue weighted by atomic mass is 16.4. The highest BCUT2D eigenvalue weighted by Crippen LogP contribution is 2.19. The van der Waals surface area contributed by atoms with Crippen LogP contribution < -0.4 is 5.43 Å². The largest absolute Gasteiger partial charge is 0.503 e. The van der Waals surface area contributed by atoms with Crippen molar-refractivity contribution in [1.29, 1.82) is 0 Å². The molecule has 1 heterocycles. The summed E-state index contributed by atoms with van der Waals surface area (Å²) in [6.45, 7) is 8.01. The van der Waals surface area contributed by atoms with Gasteiger partial charge in [-0.1, -0.05) is 27.2 Å². The number of hydrogen-bond donors (Lipinski definition) is 2. The van der Waals surface area contributed by atoms with Crippen LogP contribution in [-0.4, -0.2) is 38.7 Å². The van der Waals surface area contributed by atoms with Gasteiger partial charge >= 0.3 is 5.97 Å². The third kappa shape index (κ3) is 4.32. The van der Waals surface area contributed by atoms with Gasteiger partial charge in [0.15, 0.2) is 5.75 Å². The van der Waals surface area contributed by atoms with Gasteiger partial charge in [0.2, 0.25) is 5.43 Å². The monoisotopic (exact) mass is 296 g/mol. The lowest BCUT2D eigenvalue weighted by Gasteiger charge is -2.24. The van der Waals surface area contributed by atoms with Gasteiger partial charge in [-0.25, -0.2) is 4.79 Å². The fraction of sp³-hybridized carbons (Fsp3) is 0.600. The summed E-state index contributed by atoms with van der Waals surface area (Å²) in [6, 6.07) is 0.561. The van der Waals surface area contributed by atoms with Crippen molar-refractivity contribution >= 4 is 5.97 Å². The average molecular weight is 296 g/mol. The Balaban J connectivity index is 3.30. The molecule has 2 N–H and O–H groups in total. The second-order valence-electron chi connectivity index (χ2n) is 5.03. The normalized spacial score (nSPS) is 12.6. The molecule has 1 unspecified atom stereocenters. The van der Waals surface area contributed by atoms with Crippen molar-refractivity contribution in [2.24, 2.45) is 0 Å². The number of hydrogen-bond acceptors (Lipinski definition) is 4. The molecule has 0 bridgehead atoms. The van der Waals surface area contributed by atoms with Gasteiger partial charge in [0.05, 0.1) is 6.20 Å². The molecule has 0 aliphatic rings. The van der Waals surface area contributed by atoms with Crippen molar-refractivity contribution in [3.8, 4) is 5.75 Å². The van der Waals surface area contributed by atoms with E-state index in [0.717, 1.165) is 13.1 Å². The summed E-state index contributed by atoms with van der Waals surface area (Å²) in [4.78, 5) is 25.2. The van der Waals surface area contributed by atoms with Crippen LogP contribution in [0.15, 0.2) is 17.1 Å². The van der Waals surface area contributed by atoms with E-state index in [-0.39, 0.29) is 0 Å². The van der Waals surface area contributed by atoms with Crippen molar-refractivity contribution in [2.75, 3.05) is 13.1 Å². The Bertz CT molecular complexity index is 535. The third-order valence-electron chi connectivity index (χ3n) is 3.61. The van der Waals surface area contributed by atoms with E-state index in [1.807, 2.05) is 20.8 Å². The molecule has 1 rings (SSSR count). The van der Waals surface area contributed by atoms with E-state index in [1.165, 1.54) is 16.8 Å². The molecule has 0 saturated heterocycles. The van der Waals surface area contributed by atoms with Crippen molar-refractivity contribution in [2.45, 2.75) is 46.2 Å². The topological polar surface area (TPSA) is 82.8 Å². The Morgan fingerprint density at radius 2 is 1.95 bits per heavy atom. The first-order valence-electron chi connectivity index (χ1n) is 7.33. The van der Waals surface area contributed by atoms with Gasteiger partial charge in [0.25, 0.3) is 0 Å². The first kappa shape index (κ1) is 17.2. The quantitative estimate of drug-likeness (QED) is 0.764. The standard InChI is InChI=1S/C15H24N2O4/c1-4-7-12(15(20)21)17-10-14(19)13(18)8-11(17)9-16(5-2)6-3/h8,10,12,19H,4-7,9H2,1-3H3,(H,20,21). The number of aromatic nitrogens is 1. The molecule has 6 nitrogen and oxygen atoms in total. The number of aromatic hydroxyl groups is 1. The van der Waals surface area contributed by atoms with Crippen LogP contribution in [0.4, 0.5) is 0 Å². The predicted molar refractivity (Wildman–Crippen MR) is 80.6 cm³/mol. The second kappa shape index (κ2) is 7.83. The maximum atomic E-state index is 11.7. The first-order chi connectivity index (χ1) is 9.94. The summed E-state index contributed by atoms with van der Waals surface area (Å²) in [6.07, 6.45) is 2.40. The first-order valence-corrected chi connectivity index (χ1v) is 7.33. The molecule has 1 atom stereocenters. The van der Waals surface area contributed by atoms with Crippen LogP contribution in [0.25, 0.3) is 0 Å². The van der Waals surface area contributed by atoms with E-state index in [1.54, 1.807) is 0 Å². The maximum absolute atomic E-state index is 11.7. The van der Waals surface area contributed by atoms with E-state index >= 15 is 0 Å². The number of rotatable bonds is 8. The zero-order chi connectivity index (χ0) is 16.0. The summed E-state index contributed by atoms with van der Waals surface area (Å²) >= 11 is 0. The summed E-state index contributed by atoms with van der Waals surface area (Å²) in [5.41, 5.74) is 0.136. The number of carboxylic acids is 1. The van der Waals surface area contributed by atoms with Gasteiger partial charge in [-0.3, -0.25) is 9.69 Å². The van der Waals surface area contributed by atoms with Gasteiger partial charge in [-0.15, -0.1) is 0 Å². The number of nitrogens with zero attached hydrogens (tertiary/aromatic N) is 2. The fourth-order valence-corrected chi connectivity index (χ4v) is 2.33. The summed E-state index contributed by atoms with van der Waals surface area (Å²) in [5, 5.41) is 19.0. The Morgan fingerprint density at radius 1 is 1.33 bits per heavy atom. The molecule has 21 heavy (non-hydrogen) atoms. The van der Waals surface area contributed by atoms with Gasteiger partial charge in [0, 0.05) is 18.3 Å². The summed E-state index contributed by atoms with van der Waals surface area (Å²) in [5.74, 6) is -1.37. The van der Waals surface area contributed by atoms with Crippen molar-refractivity contribution in [3.05, 3.63) is 28.2 Å². The van der Waals surface area contributed by atoms with Crippen molar-refractivity contribution in [3.63, 3.8) is 0 Å². The number of aliphatic carboxylic acids is 1. The molecule has 1 aromatic rings. The van der Waals surface area contributed by atoms with Gasteiger partial charge in [0.1, 0.15) is 6.04 Å². The molecule has 0 radical (unpaired) electrons.